The minimum atomic E-state index is -0.527. The van der Waals surface area contributed by atoms with Crippen LogP contribution in [-0.2, 0) is 0 Å². The number of nitrogen functional groups attached to an aromatic ring is 1. The average molecular weight is 273 g/mol. The van der Waals surface area contributed by atoms with Crippen LogP contribution in [0, 0.1) is 30.9 Å². The van der Waals surface area contributed by atoms with Crippen LogP contribution in [-0.4, -0.2) is 9.91 Å². The fourth-order valence-electron chi connectivity index (χ4n) is 1.86. The second kappa shape index (κ2) is 5.16. The summed E-state index contributed by atoms with van der Waals surface area (Å²) in [5.41, 5.74) is 8.39. The molecule has 1 heterocycles. The van der Waals surface area contributed by atoms with Crippen molar-refractivity contribution >= 4 is 11.5 Å². The van der Waals surface area contributed by atoms with Gasteiger partial charge in [-0.1, -0.05) is 12.1 Å². The molecule has 0 radical (unpaired) electrons. The first-order valence-electron chi connectivity index (χ1n) is 6.05. The highest BCUT2D eigenvalue weighted by Gasteiger charge is 2.14. The van der Waals surface area contributed by atoms with E-state index in [-0.39, 0.29) is 17.4 Å². The van der Waals surface area contributed by atoms with E-state index in [4.69, 9.17) is 10.5 Å². The van der Waals surface area contributed by atoms with Crippen molar-refractivity contribution in [2.75, 3.05) is 5.73 Å². The molecule has 0 aliphatic heterocycles. The number of nitrogens with zero attached hydrogens (tertiary/aromatic N) is 2. The van der Waals surface area contributed by atoms with Gasteiger partial charge in [0.05, 0.1) is 17.1 Å². The van der Waals surface area contributed by atoms with Crippen molar-refractivity contribution in [3.05, 3.63) is 51.1 Å². The van der Waals surface area contributed by atoms with Gasteiger partial charge in [-0.2, -0.15) is 4.98 Å². The van der Waals surface area contributed by atoms with Crippen molar-refractivity contribution in [3.63, 3.8) is 0 Å². The second-order valence-electron chi connectivity index (χ2n) is 4.60. The summed E-state index contributed by atoms with van der Waals surface area (Å²) in [6.45, 7) is 5.80. The Balaban J connectivity index is 2.45. The van der Waals surface area contributed by atoms with Gasteiger partial charge in [0.2, 0.25) is 5.88 Å². The van der Waals surface area contributed by atoms with Crippen LogP contribution in [0.25, 0.3) is 0 Å². The quantitative estimate of drug-likeness (QED) is 0.684. The van der Waals surface area contributed by atoms with E-state index in [2.05, 4.69) is 4.98 Å². The van der Waals surface area contributed by atoms with Crippen molar-refractivity contribution in [3.8, 4) is 11.6 Å². The lowest BCUT2D eigenvalue weighted by Gasteiger charge is -2.13. The van der Waals surface area contributed by atoms with E-state index in [1.165, 1.54) is 12.1 Å². The first kappa shape index (κ1) is 13.8. The largest absolute Gasteiger partial charge is 0.438 e. The summed E-state index contributed by atoms with van der Waals surface area (Å²) in [5.74, 6) is 0.822. The number of aryl methyl sites for hydroxylation is 2. The van der Waals surface area contributed by atoms with Crippen LogP contribution in [0.4, 0.5) is 11.5 Å². The first-order valence-corrected chi connectivity index (χ1v) is 6.05. The second-order valence-corrected chi connectivity index (χ2v) is 4.60. The molecule has 0 spiro atoms. The van der Waals surface area contributed by atoms with Crippen LogP contribution in [0.3, 0.4) is 0 Å². The molecule has 2 N–H and O–H groups in total. The predicted octanol–water partition coefficient (Wildman–Crippen LogP) is 3.29. The number of hydrogen-bond donors (Lipinski definition) is 1. The number of benzene rings is 1. The first-order chi connectivity index (χ1) is 9.38. The molecule has 104 valence electrons. The van der Waals surface area contributed by atoms with Gasteiger partial charge in [-0.25, -0.2) is 0 Å². The highest BCUT2D eigenvalue weighted by Crippen LogP contribution is 2.31. The number of hydrogen-bond acceptors (Lipinski definition) is 5. The number of aromatic nitrogens is 1. The topological polar surface area (TPSA) is 91.3 Å². The van der Waals surface area contributed by atoms with Gasteiger partial charge >= 0.3 is 0 Å². The highest BCUT2D eigenvalue weighted by atomic mass is 16.6. The molecule has 0 bridgehead atoms. The molecular weight excluding hydrogens is 258 g/mol. The van der Waals surface area contributed by atoms with Gasteiger partial charge in [0, 0.05) is 0 Å². The monoisotopic (exact) mass is 273 g/mol. The number of ether oxygens (including phenoxy) is 1. The summed E-state index contributed by atoms with van der Waals surface area (Å²) in [7, 11) is 0. The fourth-order valence-corrected chi connectivity index (χ4v) is 1.86. The van der Waals surface area contributed by atoms with Gasteiger partial charge in [-0.3, -0.25) is 10.1 Å². The van der Waals surface area contributed by atoms with Gasteiger partial charge < -0.3 is 10.5 Å². The van der Waals surface area contributed by atoms with Crippen LogP contribution in [0.2, 0.25) is 0 Å². The zero-order valence-corrected chi connectivity index (χ0v) is 11.5. The van der Waals surface area contributed by atoms with Gasteiger partial charge in [0.15, 0.2) is 0 Å². The molecular formula is C14H15N3O3. The Kier molecular flexibility index (Phi) is 3.56. The third kappa shape index (κ3) is 2.69. The lowest BCUT2D eigenvalue weighted by molar-refractivity contribution is -0.384. The van der Waals surface area contributed by atoms with Crippen LogP contribution >= 0.6 is 0 Å². The molecule has 1 aromatic heterocycles. The SMILES string of the molecule is Cc1ccc(C)c(Oc2cc([N+](=O)[O-])cc(N)n2)c1C. The molecule has 0 unspecified atom stereocenters. The molecule has 6 heteroatoms. The predicted molar refractivity (Wildman–Crippen MR) is 76.0 cm³/mol. The lowest BCUT2D eigenvalue weighted by Crippen LogP contribution is -1.99. The van der Waals surface area contributed by atoms with E-state index >= 15 is 0 Å². The molecule has 0 atom stereocenters. The van der Waals surface area contributed by atoms with Crippen molar-refractivity contribution in [1.82, 2.24) is 4.98 Å². The van der Waals surface area contributed by atoms with Crippen molar-refractivity contribution in [2.24, 2.45) is 0 Å². The van der Waals surface area contributed by atoms with E-state index in [0.717, 1.165) is 16.7 Å². The third-order valence-corrected chi connectivity index (χ3v) is 3.10. The molecule has 0 saturated heterocycles. The van der Waals surface area contributed by atoms with E-state index in [9.17, 15) is 10.1 Å². The summed E-state index contributed by atoms with van der Waals surface area (Å²) in [5, 5.41) is 10.8. The normalized spacial score (nSPS) is 10.3. The molecule has 0 aliphatic rings. The molecule has 0 amide bonds. The van der Waals surface area contributed by atoms with Crippen LogP contribution in [0.5, 0.6) is 11.6 Å². The zero-order chi connectivity index (χ0) is 14.9. The summed E-state index contributed by atoms with van der Waals surface area (Å²) in [6, 6.07) is 6.38. The number of nitro groups is 1. The molecule has 20 heavy (non-hydrogen) atoms. The van der Waals surface area contributed by atoms with Crippen molar-refractivity contribution < 1.29 is 9.66 Å². The number of nitrogens with two attached hydrogens (primary N) is 1. The summed E-state index contributed by atoms with van der Waals surface area (Å²) in [6.07, 6.45) is 0. The fraction of sp³-hybridized carbons (Fsp3) is 0.214. The Morgan fingerprint density at radius 3 is 2.50 bits per heavy atom. The van der Waals surface area contributed by atoms with Gasteiger partial charge in [-0.05, 0) is 37.5 Å². The van der Waals surface area contributed by atoms with E-state index in [1.54, 1.807) is 0 Å². The highest BCUT2D eigenvalue weighted by molar-refractivity contribution is 5.49. The van der Waals surface area contributed by atoms with E-state index < -0.39 is 4.92 Å². The van der Waals surface area contributed by atoms with Crippen LogP contribution in [0.1, 0.15) is 16.7 Å². The van der Waals surface area contributed by atoms with Gasteiger partial charge in [0.1, 0.15) is 11.6 Å². The maximum Gasteiger partial charge on any atom is 0.278 e. The van der Waals surface area contributed by atoms with Gasteiger partial charge in [-0.15, -0.1) is 0 Å². The van der Waals surface area contributed by atoms with Crippen LogP contribution in [0.15, 0.2) is 24.3 Å². The minimum Gasteiger partial charge on any atom is -0.438 e. The maximum atomic E-state index is 10.8. The average Bonchev–Trinajstić information content (AvgIpc) is 2.38. The maximum absolute atomic E-state index is 10.8. The number of anilines is 1. The summed E-state index contributed by atoms with van der Waals surface area (Å²) >= 11 is 0. The molecule has 0 fully saturated rings. The van der Waals surface area contributed by atoms with E-state index in [1.807, 2.05) is 32.9 Å². The van der Waals surface area contributed by atoms with E-state index in [0.29, 0.717) is 5.75 Å². The number of rotatable bonds is 3. The zero-order valence-electron chi connectivity index (χ0n) is 11.5. The minimum absolute atomic E-state index is 0.0529. The Morgan fingerprint density at radius 1 is 1.20 bits per heavy atom. The molecule has 0 saturated carbocycles. The Morgan fingerprint density at radius 2 is 1.85 bits per heavy atom. The lowest BCUT2D eigenvalue weighted by atomic mass is 10.1. The smallest absolute Gasteiger partial charge is 0.278 e. The molecule has 1 aromatic carbocycles. The third-order valence-electron chi connectivity index (χ3n) is 3.10. The summed E-state index contributed by atoms with van der Waals surface area (Å²) < 4.78 is 5.70. The molecule has 0 aliphatic carbocycles. The standard InChI is InChI=1S/C14H15N3O3/c1-8-4-5-9(2)14(10(8)3)20-13-7-11(17(18)19)6-12(15)16-13/h4-7H,1-3H3,(H2,15,16). The van der Waals surface area contributed by atoms with Crippen molar-refractivity contribution in [1.29, 1.82) is 0 Å². The molecule has 6 nitrogen and oxygen atoms in total. The van der Waals surface area contributed by atoms with Crippen LogP contribution < -0.4 is 10.5 Å². The summed E-state index contributed by atoms with van der Waals surface area (Å²) in [4.78, 5) is 14.3. The Hall–Kier alpha value is -2.63. The van der Waals surface area contributed by atoms with Crippen molar-refractivity contribution in [2.45, 2.75) is 20.8 Å². The van der Waals surface area contributed by atoms with Gasteiger partial charge in [0.25, 0.3) is 5.69 Å². The Labute approximate surface area is 116 Å². The Bertz CT molecular complexity index is 684. The molecule has 2 aromatic rings. The number of pyridine rings is 1. The molecule has 2 rings (SSSR count).